The van der Waals surface area contributed by atoms with E-state index in [-0.39, 0.29) is 6.61 Å². The minimum Gasteiger partial charge on any atom is -0.462 e. The van der Waals surface area contributed by atoms with Gasteiger partial charge in [-0.15, -0.1) is 0 Å². The lowest BCUT2D eigenvalue weighted by molar-refractivity contribution is -0.0506. The monoisotopic (exact) mass is 259 g/mol. The molecule has 0 fully saturated rings. The molecule has 0 aliphatic carbocycles. The van der Waals surface area contributed by atoms with Crippen LogP contribution in [0.1, 0.15) is 22.8 Å². The van der Waals surface area contributed by atoms with Crippen LogP contribution < -0.4 is 4.74 Å². The summed E-state index contributed by atoms with van der Waals surface area (Å²) in [7, 11) is 0. The van der Waals surface area contributed by atoms with Gasteiger partial charge in [0, 0.05) is 0 Å². The van der Waals surface area contributed by atoms with Crippen LogP contribution in [-0.2, 0) is 4.74 Å². The van der Waals surface area contributed by atoms with Crippen molar-refractivity contribution in [3.05, 3.63) is 29.1 Å². The first-order chi connectivity index (χ1) is 8.51. The number of hydrogen-bond acceptors (Lipinski definition) is 4. The third-order valence-electron chi connectivity index (χ3n) is 1.92. The van der Waals surface area contributed by atoms with E-state index < -0.39 is 35.3 Å². The summed E-state index contributed by atoms with van der Waals surface area (Å²) in [6.45, 7) is -1.81. The molecular weight excluding hydrogens is 251 g/mol. The molecule has 0 unspecified atom stereocenters. The van der Waals surface area contributed by atoms with Crippen molar-refractivity contribution in [1.29, 1.82) is 5.26 Å². The summed E-state index contributed by atoms with van der Waals surface area (Å²) >= 11 is 0. The van der Waals surface area contributed by atoms with Gasteiger partial charge >= 0.3 is 12.6 Å². The van der Waals surface area contributed by atoms with Crippen LogP contribution >= 0.6 is 0 Å². The molecule has 7 heteroatoms. The van der Waals surface area contributed by atoms with Gasteiger partial charge in [-0.1, -0.05) is 0 Å². The second-order valence-electron chi connectivity index (χ2n) is 3.01. The number of rotatable bonds is 4. The molecule has 0 spiro atoms. The zero-order chi connectivity index (χ0) is 13.7. The average Bonchev–Trinajstić information content (AvgIpc) is 2.29. The van der Waals surface area contributed by atoms with Crippen LogP contribution in [0.15, 0.2) is 12.1 Å². The predicted molar refractivity (Wildman–Crippen MR) is 53.7 cm³/mol. The van der Waals surface area contributed by atoms with Gasteiger partial charge in [0.15, 0.2) is 5.82 Å². The van der Waals surface area contributed by atoms with Crippen molar-refractivity contribution in [3.8, 4) is 11.8 Å². The number of benzene rings is 1. The lowest BCUT2D eigenvalue weighted by atomic mass is 10.1. The summed E-state index contributed by atoms with van der Waals surface area (Å²) in [4.78, 5) is 11.4. The Bertz CT molecular complexity index is 497. The van der Waals surface area contributed by atoms with Gasteiger partial charge < -0.3 is 9.47 Å². The van der Waals surface area contributed by atoms with Crippen LogP contribution in [0.4, 0.5) is 13.2 Å². The first kappa shape index (κ1) is 13.8. The van der Waals surface area contributed by atoms with Gasteiger partial charge in [-0.3, -0.25) is 0 Å². The highest BCUT2D eigenvalue weighted by atomic mass is 19.3. The van der Waals surface area contributed by atoms with Crippen molar-refractivity contribution in [2.24, 2.45) is 0 Å². The lowest BCUT2D eigenvalue weighted by Crippen LogP contribution is -2.13. The van der Waals surface area contributed by atoms with Crippen molar-refractivity contribution in [3.63, 3.8) is 0 Å². The molecule has 4 nitrogen and oxygen atoms in total. The molecule has 96 valence electrons. The predicted octanol–water partition coefficient (Wildman–Crippen LogP) is 2.48. The molecule has 18 heavy (non-hydrogen) atoms. The van der Waals surface area contributed by atoms with Gasteiger partial charge in [-0.25, -0.2) is 9.18 Å². The molecule has 0 aliphatic heterocycles. The first-order valence-corrected chi connectivity index (χ1v) is 4.85. The molecule has 1 rings (SSSR count). The fourth-order valence-corrected chi connectivity index (χ4v) is 1.23. The quantitative estimate of drug-likeness (QED) is 0.779. The Balaban J connectivity index is 3.31. The maximum Gasteiger partial charge on any atom is 0.387 e. The van der Waals surface area contributed by atoms with Gasteiger partial charge in [0.1, 0.15) is 17.4 Å². The topological polar surface area (TPSA) is 59.3 Å². The van der Waals surface area contributed by atoms with E-state index in [1.807, 2.05) is 0 Å². The second-order valence-corrected chi connectivity index (χ2v) is 3.01. The molecule has 0 heterocycles. The number of nitriles is 1. The average molecular weight is 259 g/mol. The van der Waals surface area contributed by atoms with Crippen LogP contribution in [0.3, 0.4) is 0 Å². The van der Waals surface area contributed by atoms with E-state index in [9.17, 15) is 18.0 Å². The zero-order valence-corrected chi connectivity index (χ0v) is 9.25. The number of hydrogen-bond donors (Lipinski definition) is 0. The molecule has 0 aromatic heterocycles. The third-order valence-corrected chi connectivity index (χ3v) is 1.92. The van der Waals surface area contributed by atoms with E-state index in [0.29, 0.717) is 0 Å². The Morgan fingerprint density at radius 1 is 1.50 bits per heavy atom. The van der Waals surface area contributed by atoms with Gasteiger partial charge in [-0.05, 0) is 19.1 Å². The van der Waals surface area contributed by atoms with Gasteiger partial charge in [0.05, 0.1) is 12.2 Å². The number of ether oxygens (including phenoxy) is 2. The molecule has 0 atom stereocenters. The molecule has 0 bridgehead atoms. The molecule has 1 aromatic carbocycles. The Hall–Kier alpha value is -2.23. The fraction of sp³-hybridized carbons (Fsp3) is 0.273. The van der Waals surface area contributed by atoms with E-state index in [4.69, 9.17) is 5.26 Å². The lowest BCUT2D eigenvalue weighted by Gasteiger charge is -2.11. The molecule has 0 saturated carbocycles. The van der Waals surface area contributed by atoms with Gasteiger partial charge in [0.25, 0.3) is 0 Å². The molecule has 0 amide bonds. The largest absolute Gasteiger partial charge is 0.462 e. The number of esters is 1. The normalized spacial score (nSPS) is 10.0. The van der Waals surface area contributed by atoms with Crippen LogP contribution in [0.5, 0.6) is 5.75 Å². The van der Waals surface area contributed by atoms with Crippen LogP contribution in [0, 0.1) is 17.1 Å². The number of nitrogens with zero attached hydrogens (tertiary/aromatic N) is 1. The minimum atomic E-state index is -3.22. The second kappa shape index (κ2) is 5.91. The van der Waals surface area contributed by atoms with E-state index in [1.165, 1.54) is 13.0 Å². The smallest absolute Gasteiger partial charge is 0.387 e. The van der Waals surface area contributed by atoms with Crippen molar-refractivity contribution < 1.29 is 27.4 Å². The Morgan fingerprint density at radius 3 is 2.67 bits per heavy atom. The molecular formula is C11H8F3NO3. The van der Waals surface area contributed by atoms with E-state index in [1.54, 1.807) is 0 Å². The summed E-state index contributed by atoms with van der Waals surface area (Å²) in [5.74, 6) is -3.07. The van der Waals surface area contributed by atoms with E-state index in [2.05, 4.69) is 9.47 Å². The maximum absolute atomic E-state index is 13.7. The molecule has 0 saturated heterocycles. The number of carbonyl (C=O) groups excluding carboxylic acids is 1. The summed E-state index contributed by atoms with van der Waals surface area (Å²) in [5, 5.41) is 8.60. The third kappa shape index (κ3) is 2.91. The summed E-state index contributed by atoms with van der Waals surface area (Å²) < 4.78 is 46.4. The van der Waals surface area contributed by atoms with Crippen LogP contribution in [0.2, 0.25) is 0 Å². The highest BCUT2D eigenvalue weighted by Gasteiger charge is 2.24. The summed E-state index contributed by atoms with van der Waals surface area (Å²) in [6.07, 6.45) is 0. The van der Waals surface area contributed by atoms with Gasteiger partial charge in [0.2, 0.25) is 0 Å². The Kier molecular flexibility index (Phi) is 4.54. The van der Waals surface area contributed by atoms with Crippen LogP contribution in [-0.4, -0.2) is 19.2 Å². The summed E-state index contributed by atoms with van der Waals surface area (Å²) in [6, 6.07) is 3.34. The standard InChI is InChI=1S/C11H8F3NO3/c1-2-17-10(16)8-7(18-11(13)14)4-3-6(5-15)9(8)12/h3-4,11H,2H2,1H3. The highest BCUT2D eigenvalue weighted by Crippen LogP contribution is 2.26. The van der Waals surface area contributed by atoms with Crippen molar-refractivity contribution in [2.45, 2.75) is 13.5 Å². The zero-order valence-electron chi connectivity index (χ0n) is 9.25. The number of carbonyl (C=O) groups is 1. The number of halogens is 3. The van der Waals surface area contributed by atoms with Gasteiger partial charge in [-0.2, -0.15) is 14.0 Å². The van der Waals surface area contributed by atoms with Crippen molar-refractivity contribution in [2.75, 3.05) is 6.61 Å². The highest BCUT2D eigenvalue weighted by molar-refractivity contribution is 5.93. The summed E-state index contributed by atoms with van der Waals surface area (Å²) in [5.41, 5.74) is -1.27. The molecule has 0 N–H and O–H groups in total. The SMILES string of the molecule is CCOC(=O)c1c(OC(F)F)ccc(C#N)c1F. The fourth-order valence-electron chi connectivity index (χ4n) is 1.23. The first-order valence-electron chi connectivity index (χ1n) is 4.85. The van der Waals surface area contributed by atoms with E-state index >= 15 is 0 Å². The molecule has 1 aromatic rings. The number of alkyl halides is 2. The van der Waals surface area contributed by atoms with E-state index in [0.717, 1.165) is 12.1 Å². The van der Waals surface area contributed by atoms with Crippen molar-refractivity contribution in [1.82, 2.24) is 0 Å². The van der Waals surface area contributed by atoms with Crippen molar-refractivity contribution >= 4 is 5.97 Å². The Labute approximate surface area is 101 Å². The Morgan fingerprint density at radius 2 is 2.17 bits per heavy atom. The minimum absolute atomic E-state index is 0.0663. The van der Waals surface area contributed by atoms with Crippen LogP contribution in [0.25, 0.3) is 0 Å². The maximum atomic E-state index is 13.7. The molecule has 0 radical (unpaired) electrons. The molecule has 0 aliphatic rings.